The Labute approximate surface area is 232 Å². The summed E-state index contributed by atoms with van der Waals surface area (Å²) in [7, 11) is -4.17. The topological polar surface area (TPSA) is 101 Å². The quantitative estimate of drug-likeness (QED) is 0.278. The minimum absolute atomic E-state index is 0.0560. The van der Waals surface area contributed by atoms with E-state index < -0.39 is 27.8 Å². The summed E-state index contributed by atoms with van der Waals surface area (Å²) in [5.41, 5.74) is 2.58. The first kappa shape index (κ1) is 27.8. The summed E-state index contributed by atoms with van der Waals surface area (Å²) in [5, 5.41) is 5.83. The first-order chi connectivity index (χ1) is 18.8. The van der Waals surface area contributed by atoms with Gasteiger partial charge in [-0.2, -0.15) is 5.10 Å². The van der Waals surface area contributed by atoms with Gasteiger partial charge in [0, 0.05) is 23.5 Å². The third kappa shape index (κ3) is 7.43. The smallest absolute Gasteiger partial charge is 0.257 e. The molecule has 1 N–H and O–H groups in total. The molecule has 1 unspecified atom stereocenters. The van der Waals surface area contributed by atoms with Crippen molar-refractivity contribution in [3.63, 3.8) is 0 Å². The van der Waals surface area contributed by atoms with Crippen LogP contribution < -0.4 is 9.62 Å². The van der Waals surface area contributed by atoms with Gasteiger partial charge in [0.1, 0.15) is 5.92 Å². The van der Waals surface area contributed by atoms with Crippen molar-refractivity contribution < 1.29 is 18.0 Å². The number of carbonyl (C=O) groups excluding carboxylic acids is 2. The number of benzene rings is 3. The molecule has 4 aromatic rings. The van der Waals surface area contributed by atoms with Crippen LogP contribution in [0, 0.1) is 5.92 Å². The number of rotatable bonds is 10. The standard InChI is InChI=1S/C29H27ClN4O4S/c1-2-33(25-11-7-4-8-12-25)29(36)27(19-23-20-31-34(21-23)26-15-13-24(30)14-16-26)28(35)32-39(37,38)18-17-22-9-5-3-6-10-22/h3-18,20-21,27H,2,19H2,1H3,(H,32,35)/b18-17+. The Morgan fingerprint density at radius 1 is 1.00 bits per heavy atom. The fourth-order valence-corrected chi connectivity index (χ4v) is 4.92. The molecule has 10 heteroatoms. The lowest BCUT2D eigenvalue weighted by Gasteiger charge is -2.25. The molecule has 39 heavy (non-hydrogen) atoms. The zero-order chi connectivity index (χ0) is 27.8. The van der Waals surface area contributed by atoms with Gasteiger partial charge in [-0.15, -0.1) is 0 Å². The Bertz CT molecular complexity index is 1550. The highest BCUT2D eigenvalue weighted by Crippen LogP contribution is 2.21. The number of hydrogen-bond acceptors (Lipinski definition) is 5. The molecule has 8 nitrogen and oxygen atoms in total. The molecule has 0 bridgehead atoms. The number of aromatic nitrogens is 2. The van der Waals surface area contributed by atoms with Crippen molar-refractivity contribution in [3.8, 4) is 5.69 Å². The number of carbonyl (C=O) groups is 2. The first-order valence-corrected chi connectivity index (χ1v) is 14.1. The Balaban J connectivity index is 1.61. The number of sulfonamides is 1. The maximum atomic E-state index is 13.7. The van der Waals surface area contributed by atoms with E-state index in [1.54, 1.807) is 96.8 Å². The van der Waals surface area contributed by atoms with Crippen molar-refractivity contribution in [1.29, 1.82) is 0 Å². The molecule has 2 amide bonds. The largest absolute Gasteiger partial charge is 0.312 e. The van der Waals surface area contributed by atoms with Crippen LogP contribution in [0.2, 0.25) is 5.02 Å². The second-order valence-electron chi connectivity index (χ2n) is 8.67. The Kier molecular flexibility index (Phi) is 8.96. The van der Waals surface area contributed by atoms with Gasteiger partial charge in [0.25, 0.3) is 10.0 Å². The van der Waals surface area contributed by atoms with Crippen molar-refractivity contribution >= 4 is 45.2 Å². The van der Waals surface area contributed by atoms with E-state index in [4.69, 9.17) is 11.6 Å². The molecule has 0 radical (unpaired) electrons. The molecule has 0 saturated heterocycles. The minimum atomic E-state index is -4.17. The van der Waals surface area contributed by atoms with Gasteiger partial charge in [0.15, 0.2) is 0 Å². The summed E-state index contributed by atoms with van der Waals surface area (Å²) >= 11 is 5.98. The van der Waals surface area contributed by atoms with E-state index in [9.17, 15) is 18.0 Å². The summed E-state index contributed by atoms with van der Waals surface area (Å²) in [6, 6.07) is 24.8. The van der Waals surface area contributed by atoms with E-state index in [0.717, 1.165) is 11.1 Å². The van der Waals surface area contributed by atoms with Gasteiger partial charge in [-0.25, -0.2) is 17.8 Å². The van der Waals surface area contributed by atoms with Gasteiger partial charge in [-0.1, -0.05) is 60.1 Å². The van der Waals surface area contributed by atoms with Gasteiger partial charge < -0.3 is 4.90 Å². The average Bonchev–Trinajstić information content (AvgIpc) is 3.41. The molecule has 0 aliphatic heterocycles. The van der Waals surface area contributed by atoms with E-state index in [0.29, 0.717) is 21.8 Å². The van der Waals surface area contributed by atoms with E-state index in [2.05, 4.69) is 9.82 Å². The van der Waals surface area contributed by atoms with E-state index in [1.807, 2.05) is 12.1 Å². The normalized spacial score (nSPS) is 12.3. The number of amides is 2. The maximum Gasteiger partial charge on any atom is 0.257 e. The summed E-state index contributed by atoms with van der Waals surface area (Å²) < 4.78 is 29.2. The molecule has 0 aliphatic carbocycles. The van der Waals surface area contributed by atoms with E-state index in [1.165, 1.54) is 11.0 Å². The zero-order valence-corrected chi connectivity index (χ0v) is 22.7. The summed E-state index contributed by atoms with van der Waals surface area (Å²) in [4.78, 5) is 28.5. The molecule has 200 valence electrons. The van der Waals surface area contributed by atoms with Crippen LogP contribution in [0.1, 0.15) is 18.1 Å². The highest BCUT2D eigenvalue weighted by atomic mass is 35.5. The van der Waals surface area contributed by atoms with Crippen LogP contribution in [0.5, 0.6) is 0 Å². The van der Waals surface area contributed by atoms with Crippen LogP contribution in [0.15, 0.2) is 103 Å². The Morgan fingerprint density at radius 3 is 2.28 bits per heavy atom. The number of hydrogen-bond donors (Lipinski definition) is 1. The lowest BCUT2D eigenvalue weighted by Crippen LogP contribution is -2.46. The number of anilines is 1. The van der Waals surface area contributed by atoms with Crippen molar-refractivity contribution in [1.82, 2.24) is 14.5 Å². The molecule has 0 spiro atoms. The van der Waals surface area contributed by atoms with E-state index >= 15 is 0 Å². The molecule has 1 heterocycles. The maximum absolute atomic E-state index is 13.7. The number of halogens is 1. The highest BCUT2D eigenvalue weighted by Gasteiger charge is 2.33. The lowest BCUT2D eigenvalue weighted by atomic mass is 9.99. The molecule has 3 aromatic carbocycles. The van der Waals surface area contributed by atoms with Crippen molar-refractivity contribution in [3.05, 3.63) is 119 Å². The monoisotopic (exact) mass is 562 g/mol. The highest BCUT2D eigenvalue weighted by molar-refractivity contribution is 7.93. The van der Waals surface area contributed by atoms with Crippen LogP contribution in [0.25, 0.3) is 11.8 Å². The molecule has 0 saturated carbocycles. The molecular weight excluding hydrogens is 536 g/mol. The van der Waals surface area contributed by atoms with Crippen LogP contribution >= 0.6 is 11.6 Å². The number of para-hydroxylation sites is 1. The Hall–Kier alpha value is -4.21. The van der Waals surface area contributed by atoms with Crippen LogP contribution in [-0.4, -0.2) is 36.6 Å². The van der Waals surface area contributed by atoms with Crippen LogP contribution in [0.3, 0.4) is 0 Å². The molecule has 4 rings (SSSR count). The molecule has 0 fully saturated rings. The fourth-order valence-electron chi connectivity index (χ4n) is 3.97. The zero-order valence-electron chi connectivity index (χ0n) is 21.1. The van der Waals surface area contributed by atoms with Crippen LogP contribution in [0.4, 0.5) is 5.69 Å². The minimum Gasteiger partial charge on any atom is -0.312 e. The fraction of sp³-hybridized carbons (Fsp3) is 0.138. The number of nitrogens with one attached hydrogen (secondary N) is 1. The van der Waals surface area contributed by atoms with Gasteiger partial charge in [0.2, 0.25) is 11.8 Å². The Morgan fingerprint density at radius 2 is 1.64 bits per heavy atom. The third-order valence-electron chi connectivity index (χ3n) is 5.91. The van der Waals surface area contributed by atoms with Crippen LogP contribution in [-0.2, 0) is 26.0 Å². The third-order valence-corrected chi connectivity index (χ3v) is 7.15. The van der Waals surface area contributed by atoms with Crippen molar-refractivity contribution in [2.75, 3.05) is 11.4 Å². The van der Waals surface area contributed by atoms with Crippen molar-refractivity contribution in [2.24, 2.45) is 5.92 Å². The van der Waals surface area contributed by atoms with Gasteiger partial charge in [-0.3, -0.25) is 9.59 Å². The van der Waals surface area contributed by atoms with E-state index in [-0.39, 0.29) is 13.0 Å². The lowest BCUT2D eigenvalue weighted by molar-refractivity contribution is -0.132. The van der Waals surface area contributed by atoms with Gasteiger partial charge >= 0.3 is 0 Å². The second-order valence-corrected chi connectivity index (χ2v) is 10.7. The molecule has 1 atom stereocenters. The number of nitrogens with zero attached hydrogens (tertiary/aromatic N) is 3. The SMILES string of the molecule is CCN(C(=O)C(Cc1cnn(-c2ccc(Cl)cc2)c1)C(=O)NS(=O)(=O)/C=C/c1ccccc1)c1ccccc1. The van der Waals surface area contributed by atoms with Crippen molar-refractivity contribution in [2.45, 2.75) is 13.3 Å². The summed E-state index contributed by atoms with van der Waals surface area (Å²) in [6.07, 6.45) is 4.56. The molecule has 0 aliphatic rings. The summed E-state index contributed by atoms with van der Waals surface area (Å²) in [5.74, 6) is -2.78. The predicted molar refractivity (Wildman–Crippen MR) is 153 cm³/mol. The second kappa shape index (κ2) is 12.6. The summed E-state index contributed by atoms with van der Waals surface area (Å²) in [6.45, 7) is 2.08. The van der Waals surface area contributed by atoms with Gasteiger partial charge in [-0.05, 0) is 66.9 Å². The average molecular weight is 563 g/mol. The molecule has 1 aromatic heterocycles. The predicted octanol–water partition coefficient (Wildman–Crippen LogP) is 4.85. The molecular formula is C29H27ClN4O4S. The first-order valence-electron chi connectivity index (χ1n) is 12.2. The van der Waals surface area contributed by atoms with Gasteiger partial charge in [0.05, 0.1) is 17.3 Å².